The largest absolute Gasteiger partial charge is 0.340 e. The molecule has 0 radical (unpaired) electrons. The van der Waals surface area contributed by atoms with Gasteiger partial charge in [-0.05, 0) is 93.8 Å². The van der Waals surface area contributed by atoms with Crippen molar-refractivity contribution < 1.29 is 4.79 Å². The molecule has 1 N–H and O–H groups in total. The van der Waals surface area contributed by atoms with E-state index in [1.807, 2.05) is 24.3 Å². The summed E-state index contributed by atoms with van der Waals surface area (Å²) in [4.78, 5) is 24.2. The molecule has 0 bridgehead atoms. The van der Waals surface area contributed by atoms with Gasteiger partial charge in [0.1, 0.15) is 12.1 Å². The number of hydrogen-bond donors (Lipinski definition) is 1. The van der Waals surface area contributed by atoms with Gasteiger partial charge in [-0.2, -0.15) is 0 Å². The molecular weight excluding hydrogens is 420 g/mol. The topological polar surface area (TPSA) is 58.1 Å². The third-order valence-electron chi connectivity index (χ3n) is 7.33. The maximum atomic E-state index is 12.8. The van der Waals surface area contributed by atoms with Crippen molar-refractivity contribution in [1.82, 2.24) is 14.9 Å². The van der Waals surface area contributed by atoms with Crippen molar-refractivity contribution >= 4 is 17.3 Å². The van der Waals surface area contributed by atoms with E-state index in [1.54, 1.807) is 6.33 Å². The summed E-state index contributed by atoms with van der Waals surface area (Å²) in [5, 5.41) is 3.44. The van der Waals surface area contributed by atoms with Gasteiger partial charge in [0.05, 0.1) is 0 Å². The Balaban J connectivity index is 1.09. The molecule has 2 aromatic carbocycles. The molecule has 176 valence electrons. The number of benzene rings is 2. The van der Waals surface area contributed by atoms with Crippen molar-refractivity contribution in [2.24, 2.45) is 5.92 Å². The minimum atomic E-state index is 0.248. The van der Waals surface area contributed by atoms with Gasteiger partial charge in [-0.3, -0.25) is 9.69 Å². The molecule has 3 aromatic rings. The molecule has 0 saturated carbocycles. The molecule has 0 unspecified atom stereocenters. The molecule has 1 fully saturated rings. The zero-order valence-electron chi connectivity index (χ0n) is 19.9. The molecule has 2 aliphatic rings. The van der Waals surface area contributed by atoms with Crippen molar-refractivity contribution in [2.45, 2.75) is 57.9 Å². The number of piperidine rings is 1. The predicted molar refractivity (Wildman–Crippen MR) is 136 cm³/mol. The van der Waals surface area contributed by atoms with Gasteiger partial charge >= 0.3 is 0 Å². The number of likely N-dealkylation sites (tertiary alicyclic amines) is 1. The summed E-state index contributed by atoms with van der Waals surface area (Å²) in [6.45, 7) is 3.28. The summed E-state index contributed by atoms with van der Waals surface area (Å²) in [6, 6.07) is 18.6. The number of aromatic nitrogens is 2. The zero-order valence-corrected chi connectivity index (χ0v) is 19.9. The molecule has 5 heteroatoms. The lowest BCUT2D eigenvalue weighted by molar-refractivity contribution is 0.0961. The summed E-state index contributed by atoms with van der Waals surface area (Å²) in [5.41, 5.74) is 5.56. The molecule has 1 saturated heterocycles. The quantitative estimate of drug-likeness (QED) is 0.425. The molecular formula is C29H34N4O. The van der Waals surface area contributed by atoms with Crippen LogP contribution in [-0.2, 0) is 19.4 Å². The highest BCUT2D eigenvalue weighted by Gasteiger charge is 2.20. The summed E-state index contributed by atoms with van der Waals surface area (Å²) in [5.74, 6) is 1.81. The van der Waals surface area contributed by atoms with Gasteiger partial charge in [-0.1, -0.05) is 30.3 Å². The number of anilines is 2. The Labute approximate surface area is 202 Å². The third-order valence-corrected chi connectivity index (χ3v) is 7.33. The highest BCUT2D eigenvalue weighted by Crippen LogP contribution is 2.27. The lowest BCUT2D eigenvalue weighted by Crippen LogP contribution is -2.33. The molecule has 5 nitrogen and oxygen atoms in total. The number of nitrogens with one attached hydrogen (secondary N) is 1. The van der Waals surface area contributed by atoms with Crippen LogP contribution in [0.5, 0.6) is 0 Å². The molecule has 0 spiro atoms. The third kappa shape index (κ3) is 5.71. The first kappa shape index (κ1) is 22.7. The second-order valence-electron chi connectivity index (χ2n) is 9.72. The van der Waals surface area contributed by atoms with E-state index >= 15 is 0 Å². The van der Waals surface area contributed by atoms with Gasteiger partial charge in [0.15, 0.2) is 5.78 Å². The van der Waals surface area contributed by atoms with Crippen molar-refractivity contribution in [3.05, 3.63) is 83.3 Å². The molecule has 1 aliphatic carbocycles. The minimum absolute atomic E-state index is 0.248. The minimum Gasteiger partial charge on any atom is -0.340 e. The molecule has 0 amide bonds. The highest BCUT2D eigenvalue weighted by atomic mass is 16.1. The van der Waals surface area contributed by atoms with Crippen LogP contribution >= 0.6 is 0 Å². The second kappa shape index (κ2) is 10.9. The molecule has 1 aromatic heterocycles. The SMILES string of the molecule is O=C(CCC1CCN(Cc2ccccc2)CC1)c1ccc(Nc2ncnc3c2CCCC3)cc1. The Bertz CT molecular complexity index is 1090. The van der Waals surface area contributed by atoms with Gasteiger partial charge in [0, 0.05) is 35.5 Å². The van der Waals surface area contributed by atoms with Crippen molar-refractivity contribution in [3.63, 3.8) is 0 Å². The van der Waals surface area contributed by atoms with Crippen molar-refractivity contribution in [1.29, 1.82) is 0 Å². The highest BCUT2D eigenvalue weighted by molar-refractivity contribution is 5.96. The van der Waals surface area contributed by atoms with Gasteiger partial charge in [-0.25, -0.2) is 9.97 Å². The number of fused-ring (bicyclic) bond motifs is 1. The lowest BCUT2D eigenvalue weighted by Gasteiger charge is -2.32. The standard InChI is InChI=1S/C29H34N4O/c34-28(15-10-22-16-18-33(19-17-22)20-23-6-2-1-3-7-23)24-11-13-25(14-12-24)32-29-26-8-4-5-9-27(26)30-21-31-29/h1-3,6-7,11-14,21-22H,4-5,8-10,15-20H2,(H,30,31,32). The van der Waals surface area contributed by atoms with Crippen LogP contribution in [0.25, 0.3) is 0 Å². The Hall–Kier alpha value is -3.05. The van der Waals surface area contributed by atoms with Crippen LogP contribution in [-0.4, -0.2) is 33.7 Å². The average Bonchev–Trinajstić information content (AvgIpc) is 2.89. The van der Waals surface area contributed by atoms with Crippen molar-refractivity contribution in [2.75, 3.05) is 18.4 Å². The van der Waals surface area contributed by atoms with Gasteiger partial charge in [0.25, 0.3) is 0 Å². The normalized spacial score (nSPS) is 16.7. The van der Waals surface area contributed by atoms with Crippen LogP contribution < -0.4 is 5.32 Å². The number of carbonyl (C=O) groups is 1. The number of aryl methyl sites for hydroxylation is 1. The van der Waals surface area contributed by atoms with Crippen LogP contribution in [0.15, 0.2) is 60.9 Å². The second-order valence-corrected chi connectivity index (χ2v) is 9.72. The van der Waals surface area contributed by atoms with Crippen LogP contribution in [0.4, 0.5) is 11.5 Å². The van der Waals surface area contributed by atoms with Crippen LogP contribution in [0.3, 0.4) is 0 Å². The number of carbonyl (C=O) groups excluding carboxylic acids is 1. The fraction of sp³-hybridized carbons (Fsp3) is 0.414. The first-order valence-electron chi connectivity index (χ1n) is 12.7. The van der Waals surface area contributed by atoms with Crippen molar-refractivity contribution in [3.8, 4) is 0 Å². The fourth-order valence-corrected chi connectivity index (χ4v) is 5.26. The maximum Gasteiger partial charge on any atom is 0.162 e. The van der Waals surface area contributed by atoms with Gasteiger partial charge in [0.2, 0.25) is 0 Å². The first-order chi connectivity index (χ1) is 16.7. The molecule has 5 rings (SSSR count). The van der Waals surface area contributed by atoms with Gasteiger partial charge in [-0.15, -0.1) is 0 Å². The maximum absolute atomic E-state index is 12.8. The molecule has 0 atom stereocenters. The van der Waals surface area contributed by atoms with E-state index in [9.17, 15) is 4.79 Å². The van der Waals surface area contributed by atoms with E-state index in [-0.39, 0.29) is 5.78 Å². The number of ketones is 1. The number of nitrogens with zero attached hydrogens (tertiary/aromatic N) is 3. The molecule has 1 aliphatic heterocycles. The Kier molecular flexibility index (Phi) is 7.30. The monoisotopic (exact) mass is 454 g/mol. The molecule has 34 heavy (non-hydrogen) atoms. The van der Waals surface area contributed by atoms with E-state index in [2.05, 4.69) is 50.5 Å². The number of hydrogen-bond acceptors (Lipinski definition) is 5. The van der Waals surface area contributed by atoms with E-state index < -0.39 is 0 Å². The van der Waals surface area contributed by atoms with Crippen LogP contribution in [0, 0.1) is 5.92 Å². The molecule has 2 heterocycles. The van der Waals surface area contributed by atoms with Crippen LogP contribution in [0.2, 0.25) is 0 Å². The Morgan fingerprint density at radius 3 is 2.50 bits per heavy atom. The first-order valence-corrected chi connectivity index (χ1v) is 12.7. The summed E-state index contributed by atoms with van der Waals surface area (Å²) in [7, 11) is 0. The summed E-state index contributed by atoms with van der Waals surface area (Å²) >= 11 is 0. The van der Waals surface area contributed by atoms with Gasteiger partial charge < -0.3 is 5.32 Å². The predicted octanol–water partition coefficient (Wildman–Crippen LogP) is 5.97. The zero-order chi connectivity index (χ0) is 23.2. The van der Waals surface area contributed by atoms with Crippen LogP contribution in [0.1, 0.15) is 65.7 Å². The Morgan fingerprint density at radius 1 is 0.941 bits per heavy atom. The summed E-state index contributed by atoms with van der Waals surface area (Å²) in [6.07, 6.45) is 10.1. The lowest BCUT2D eigenvalue weighted by atomic mass is 9.90. The van der Waals surface area contributed by atoms with E-state index in [4.69, 9.17) is 0 Å². The number of Topliss-reactive ketones (excluding diaryl/α,β-unsaturated/α-hetero) is 1. The van der Waals surface area contributed by atoms with E-state index in [0.717, 1.165) is 56.0 Å². The Morgan fingerprint density at radius 2 is 1.71 bits per heavy atom. The summed E-state index contributed by atoms with van der Waals surface area (Å²) < 4.78 is 0. The number of rotatable bonds is 8. The fourth-order valence-electron chi connectivity index (χ4n) is 5.26. The van der Waals surface area contributed by atoms with E-state index in [0.29, 0.717) is 12.3 Å². The average molecular weight is 455 g/mol. The smallest absolute Gasteiger partial charge is 0.162 e. The van der Waals surface area contributed by atoms with E-state index in [1.165, 1.54) is 42.5 Å².